The lowest BCUT2D eigenvalue weighted by atomic mass is 10.0. The molecule has 11 heteroatoms. The second kappa shape index (κ2) is 14.4. The minimum atomic E-state index is -3.91. The van der Waals surface area contributed by atoms with Gasteiger partial charge in [-0.2, -0.15) is 0 Å². The van der Waals surface area contributed by atoms with Gasteiger partial charge < -0.3 is 19.7 Å². The monoisotopic (exact) mass is 613 g/mol. The van der Waals surface area contributed by atoms with Crippen LogP contribution in [0.15, 0.2) is 72.8 Å². The molecule has 0 fully saturated rings. The molecular weight excluding hydrogens is 578 g/mol. The molecule has 224 valence electrons. The lowest BCUT2D eigenvalue weighted by Gasteiger charge is -2.34. The topological polar surface area (TPSA) is 105 Å². The van der Waals surface area contributed by atoms with Crippen molar-refractivity contribution >= 4 is 39.1 Å². The summed E-state index contributed by atoms with van der Waals surface area (Å²) in [5, 5.41) is 3.36. The Morgan fingerprint density at radius 3 is 2.33 bits per heavy atom. The molecule has 0 saturated carbocycles. The van der Waals surface area contributed by atoms with Gasteiger partial charge in [0.2, 0.25) is 21.8 Å². The van der Waals surface area contributed by atoms with Crippen LogP contribution < -0.4 is 19.1 Å². The number of benzene rings is 3. The van der Waals surface area contributed by atoms with Crippen molar-refractivity contribution in [1.82, 2.24) is 10.2 Å². The van der Waals surface area contributed by atoms with Crippen LogP contribution in [0.3, 0.4) is 0 Å². The molecule has 42 heavy (non-hydrogen) atoms. The summed E-state index contributed by atoms with van der Waals surface area (Å²) in [6.45, 7) is 4.11. The van der Waals surface area contributed by atoms with Crippen LogP contribution >= 0.6 is 11.6 Å². The molecule has 9 nitrogen and oxygen atoms in total. The number of hydrogen-bond donors (Lipinski definition) is 1. The van der Waals surface area contributed by atoms with E-state index in [2.05, 4.69) is 5.32 Å². The molecule has 1 aliphatic rings. The number of rotatable bonds is 13. The van der Waals surface area contributed by atoms with Crippen molar-refractivity contribution in [3.05, 3.63) is 88.9 Å². The summed E-state index contributed by atoms with van der Waals surface area (Å²) in [6, 6.07) is 20.3. The number of halogens is 1. The summed E-state index contributed by atoms with van der Waals surface area (Å²) >= 11 is 6.49. The number of nitrogens with one attached hydrogen (secondary N) is 1. The molecular formula is C31H36ClN3O6S. The van der Waals surface area contributed by atoms with Crippen LogP contribution in [0, 0.1) is 0 Å². The minimum absolute atomic E-state index is 0.0106. The average Bonchev–Trinajstić information content (AvgIpc) is 3.01. The second-order valence-corrected chi connectivity index (χ2v) is 12.4. The molecule has 2 amide bonds. The van der Waals surface area contributed by atoms with Gasteiger partial charge in [-0.3, -0.25) is 13.9 Å². The van der Waals surface area contributed by atoms with Crippen LogP contribution in [-0.4, -0.2) is 63.2 Å². The van der Waals surface area contributed by atoms with E-state index in [0.29, 0.717) is 41.8 Å². The Hall–Kier alpha value is -3.76. The van der Waals surface area contributed by atoms with Gasteiger partial charge in [0.1, 0.15) is 25.8 Å². The van der Waals surface area contributed by atoms with E-state index in [0.717, 1.165) is 16.3 Å². The predicted molar refractivity (Wildman–Crippen MR) is 163 cm³/mol. The standard InChI is InChI=1S/C31H36ClN3O6S/c1-3-16-33-31(37)27(19-23-10-6-5-7-11-23)34(21-24-12-8-9-13-26(24)32)30(36)22-35(42(38,39)4-2)25-14-15-28-29(20-25)41-18-17-40-28/h5-15,20,27H,3-4,16-19,21-22H2,1-2H3,(H,33,37)/t27-/m0/s1. The number of carbonyl (C=O) groups excluding carboxylic acids is 2. The Labute approximate surface area is 252 Å². The summed E-state index contributed by atoms with van der Waals surface area (Å²) in [4.78, 5) is 29.3. The quantitative estimate of drug-likeness (QED) is 0.306. The third kappa shape index (κ3) is 7.74. The number of fused-ring (bicyclic) bond motifs is 1. The van der Waals surface area contributed by atoms with E-state index in [9.17, 15) is 18.0 Å². The second-order valence-electron chi connectivity index (χ2n) is 9.84. The third-order valence-electron chi connectivity index (χ3n) is 6.91. The molecule has 3 aromatic rings. The fraction of sp³-hybridized carbons (Fsp3) is 0.355. The lowest BCUT2D eigenvalue weighted by molar-refractivity contribution is -0.140. The smallest absolute Gasteiger partial charge is 0.244 e. The fourth-order valence-electron chi connectivity index (χ4n) is 4.64. The van der Waals surface area contributed by atoms with E-state index < -0.39 is 28.5 Å². The normalized spacial score (nSPS) is 13.2. The first-order valence-electron chi connectivity index (χ1n) is 14.0. The molecule has 1 aliphatic heterocycles. The van der Waals surface area contributed by atoms with E-state index in [1.165, 1.54) is 11.8 Å². The zero-order chi connectivity index (χ0) is 30.1. The van der Waals surface area contributed by atoms with Gasteiger partial charge in [-0.25, -0.2) is 8.42 Å². The molecule has 0 bridgehead atoms. The van der Waals surface area contributed by atoms with E-state index in [1.54, 1.807) is 42.5 Å². The van der Waals surface area contributed by atoms with Gasteiger partial charge in [0.05, 0.1) is 11.4 Å². The predicted octanol–water partition coefficient (Wildman–Crippen LogP) is 4.43. The molecule has 1 atom stereocenters. The Balaban J connectivity index is 1.75. The summed E-state index contributed by atoms with van der Waals surface area (Å²) in [6.07, 6.45) is 0.950. The van der Waals surface area contributed by atoms with Crippen LogP contribution in [0.5, 0.6) is 11.5 Å². The highest BCUT2D eigenvalue weighted by Crippen LogP contribution is 2.35. The zero-order valence-corrected chi connectivity index (χ0v) is 25.4. The van der Waals surface area contributed by atoms with Gasteiger partial charge >= 0.3 is 0 Å². The number of amides is 2. The Bertz CT molecular complexity index is 1480. The number of sulfonamides is 1. The van der Waals surface area contributed by atoms with Crippen LogP contribution in [0.1, 0.15) is 31.4 Å². The van der Waals surface area contributed by atoms with Gasteiger partial charge in [0, 0.05) is 30.6 Å². The van der Waals surface area contributed by atoms with Crippen molar-refractivity contribution < 1.29 is 27.5 Å². The molecule has 4 rings (SSSR count). The molecule has 0 radical (unpaired) electrons. The van der Waals surface area contributed by atoms with Gasteiger partial charge in [0.25, 0.3) is 0 Å². The molecule has 3 aromatic carbocycles. The first-order chi connectivity index (χ1) is 20.2. The molecule has 1 N–H and O–H groups in total. The molecule has 0 unspecified atom stereocenters. The van der Waals surface area contributed by atoms with Crippen LogP contribution in [0.4, 0.5) is 5.69 Å². The van der Waals surface area contributed by atoms with Crippen molar-refractivity contribution in [2.45, 2.75) is 39.3 Å². The summed E-state index contributed by atoms with van der Waals surface area (Å²) in [5.74, 6) is -0.207. The van der Waals surface area contributed by atoms with Gasteiger partial charge in [0.15, 0.2) is 11.5 Å². The molecule has 0 saturated heterocycles. The van der Waals surface area contributed by atoms with E-state index >= 15 is 0 Å². The van der Waals surface area contributed by atoms with Crippen molar-refractivity contribution in [3.63, 3.8) is 0 Å². The Morgan fingerprint density at radius 1 is 0.952 bits per heavy atom. The van der Waals surface area contributed by atoms with Crippen molar-refractivity contribution in [1.29, 1.82) is 0 Å². The molecule has 1 heterocycles. The number of ether oxygens (including phenoxy) is 2. The highest BCUT2D eigenvalue weighted by molar-refractivity contribution is 7.92. The average molecular weight is 614 g/mol. The van der Waals surface area contributed by atoms with E-state index in [4.69, 9.17) is 21.1 Å². The molecule has 0 aliphatic carbocycles. The van der Waals surface area contributed by atoms with Crippen molar-refractivity contribution in [2.75, 3.05) is 36.4 Å². The first-order valence-corrected chi connectivity index (χ1v) is 16.0. The largest absolute Gasteiger partial charge is 0.486 e. The zero-order valence-electron chi connectivity index (χ0n) is 23.8. The third-order valence-corrected chi connectivity index (χ3v) is 9.02. The fourth-order valence-corrected chi connectivity index (χ4v) is 5.89. The lowest BCUT2D eigenvalue weighted by Crippen LogP contribution is -2.53. The highest BCUT2D eigenvalue weighted by atomic mass is 35.5. The summed E-state index contributed by atoms with van der Waals surface area (Å²) < 4.78 is 39.0. The summed E-state index contributed by atoms with van der Waals surface area (Å²) in [7, 11) is -3.91. The number of nitrogens with zero attached hydrogens (tertiary/aromatic N) is 2. The highest BCUT2D eigenvalue weighted by Gasteiger charge is 2.34. The van der Waals surface area contributed by atoms with E-state index in [-0.39, 0.29) is 30.3 Å². The Kier molecular flexibility index (Phi) is 10.7. The van der Waals surface area contributed by atoms with Crippen molar-refractivity contribution in [3.8, 4) is 11.5 Å². The first kappa shape index (κ1) is 31.2. The number of carbonyl (C=O) groups is 2. The molecule has 0 aromatic heterocycles. The van der Waals surface area contributed by atoms with Gasteiger partial charge in [-0.1, -0.05) is 67.1 Å². The van der Waals surface area contributed by atoms with Crippen LogP contribution in [0.2, 0.25) is 5.02 Å². The summed E-state index contributed by atoms with van der Waals surface area (Å²) in [5.41, 5.74) is 1.76. The molecule has 0 spiro atoms. The van der Waals surface area contributed by atoms with Crippen LogP contribution in [0.25, 0.3) is 0 Å². The van der Waals surface area contributed by atoms with E-state index in [1.807, 2.05) is 37.3 Å². The minimum Gasteiger partial charge on any atom is -0.486 e. The Morgan fingerprint density at radius 2 is 1.64 bits per heavy atom. The number of hydrogen-bond acceptors (Lipinski definition) is 6. The number of anilines is 1. The maximum atomic E-state index is 14.2. The van der Waals surface area contributed by atoms with Gasteiger partial charge in [-0.15, -0.1) is 0 Å². The van der Waals surface area contributed by atoms with Crippen molar-refractivity contribution in [2.24, 2.45) is 0 Å². The maximum absolute atomic E-state index is 14.2. The van der Waals surface area contributed by atoms with Gasteiger partial charge in [-0.05, 0) is 42.7 Å². The van der Waals surface area contributed by atoms with Crippen LogP contribution in [-0.2, 0) is 32.6 Å². The maximum Gasteiger partial charge on any atom is 0.244 e. The SMILES string of the molecule is CCCNC(=O)[C@H](Cc1ccccc1)N(Cc1ccccc1Cl)C(=O)CN(c1ccc2c(c1)OCCO2)S(=O)(=O)CC.